The summed E-state index contributed by atoms with van der Waals surface area (Å²) in [5.41, 5.74) is 0. The van der Waals surface area contributed by atoms with E-state index in [9.17, 15) is 25.9 Å². The van der Waals surface area contributed by atoms with Gasteiger partial charge in [-0.1, -0.05) is 65.5 Å². The molecule has 0 N–H and O–H groups in total. The van der Waals surface area contributed by atoms with Crippen LogP contribution in [-0.4, -0.2) is 136 Å². The van der Waals surface area contributed by atoms with Gasteiger partial charge in [0, 0.05) is 68.3 Å². The third-order valence-corrected chi connectivity index (χ3v) is 26.5. The average Bonchev–Trinajstić information content (AvgIpc) is 2.95. The standard InChI is InChI=1S/C9H24O5S4Si2.C6H16O3SSi.CH4O6S4.3CH4.2Na/c1-10-19(6,11-2)8-17-15-7-16-18-9-20(12-3,13-4)14-5;1-7-11(8-2,9-3)6-4-5-10;2-10(3,4)8-1-9-11(5,6)7;;;;;/h7-9H2,1-6H3;10H,4-6H2,1-3H3;1H2,(H,2,3,4)(H,5,6,7);3*1H4;;/q;;;;;;2*+1/p-2. The Morgan fingerprint density at radius 1 is 0.574 bits per heavy atom. The minimum atomic E-state index is -4.50. The van der Waals surface area contributed by atoms with Gasteiger partial charge >= 0.3 is 85.3 Å². The van der Waals surface area contributed by atoms with Crippen LogP contribution in [0.4, 0.5) is 0 Å². The zero-order valence-corrected chi connectivity index (χ0v) is 41.3. The van der Waals surface area contributed by atoms with Gasteiger partial charge in [0.1, 0.15) is 18.3 Å². The SMILES string of the molecule is C.C.C.CO[Si](C)(CSSCSSC[Si](OC)(OC)OC)OC.CO[Si](CCCS)(OC)OC.O=S(=O)([O-])SCSS(=O)(=O)[O-].[Na+].[Na+]. The molecule has 0 unspecified atom stereocenters. The molecular weight excluding hydrogens is 871 g/mol. The molecule has 0 bridgehead atoms. The predicted octanol–water partition coefficient (Wildman–Crippen LogP) is -0.541. The fraction of sp³-hybridized carbons (Fsp3) is 1.00. The Hall–Kier alpha value is 4.60. The van der Waals surface area contributed by atoms with Crippen molar-refractivity contribution < 1.29 is 120 Å². The fourth-order valence-corrected chi connectivity index (χ4v) is 22.0. The van der Waals surface area contributed by atoms with Gasteiger partial charge in [-0.3, -0.25) is 0 Å². The van der Waals surface area contributed by atoms with E-state index in [-0.39, 0.29) is 103 Å². The Morgan fingerprint density at radius 2 is 0.915 bits per heavy atom. The van der Waals surface area contributed by atoms with Gasteiger partial charge in [0.05, 0.1) is 15.5 Å². The number of thiol groups is 1. The first-order valence-corrected chi connectivity index (χ1v) is 29.0. The molecule has 0 aliphatic rings. The van der Waals surface area contributed by atoms with E-state index in [2.05, 4.69) is 19.2 Å². The van der Waals surface area contributed by atoms with Crippen LogP contribution in [0.2, 0.25) is 12.6 Å². The molecule has 282 valence electrons. The molecular formula is C19H54Na2O14S9Si3. The summed E-state index contributed by atoms with van der Waals surface area (Å²) in [6.45, 7) is 2.07. The smallest absolute Gasteiger partial charge is 0.739 e. The van der Waals surface area contributed by atoms with Gasteiger partial charge in [-0.25, -0.2) is 16.8 Å². The summed E-state index contributed by atoms with van der Waals surface area (Å²) < 4.78 is 101. The van der Waals surface area contributed by atoms with Crippen LogP contribution in [0.1, 0.15) is 28.7 Å². The van der Waals surface area contributed by atoms with Crippen LogP contribution in [0.25, 0.3) is 0 Å². The van der Waals surface area contributed by atoms with Gasteiger partial charge in [-0.2, -0.15) is 12.6 Å². The maximum Gasteiger partial charge on any atom is 1.00 e. The molecule has 0 radical (unpaired) electrons. The first-order chi connectivity index (χ1) is 19.5. The Labute approximate surface area is 362 Å². The molecule has 0 atom stereocenters. The van der Waals surface area contributed by atoms with E-state index in [1.165, 1.54) is 0 Å². The summed E-state index contributed by atoms with van der Waals surface area (Å²) in [5, 5.41) is 2.05. The molecule has 0 aliphatic heterocycles. The molecule has 0 aromatic carbocycles. The van der Waals surface area contributed by atoms with E-state index in [1.807, 2.05) is 10.8 Å². The van der Waals surface area contributed by atoms with Gasteiger partial charge in [0.25, 0.3) is 0 Å². The Kier molecular flexibility index (Phi) is 59.5. The zero-order valence-electron chi connectivity index (χ0n) is 26.9. The second-order valence-electron chi connectivity index (χ2n) is 7.01. The van der Waals surface area contributed by atoms with E-state index in [0.29, 0.717) is 0 Å². The van der Waals surface area contributed by atoms with Crippen molar-refractivity contribution in [1.29, 1.82) is 0 Å². The summed E-state index contributed by atoms with van der Waals surface area (Å²) in [7, 11) is 4.37. The normalized spacial score (nSPS) is 11.4. The van der Waals surface area contributed by atoms with E-state index in [0.717, 1.165) is 34.1 Å². The van der Waals surface area contributed by atoms with Crippen molar-refractivity contribution in [3.8, 4) is 0 Å². The van der Waals surface area contributed by atoms with Crippen LogP contribution in [-0.2, 0) is 53.7 Å². The van der Waals surface area contributed by atoms with Crippen LogP contribution in [0, 0.1) is 0 Å². The molecule has 0 aromatic rings. The summed E-state index contributed by atoms with van der Waals surface area (Å²) >= 11 is 4.10. The first-order valence-electron chi connectivity index (χ1n) is 11.2. The van der Waals surface area contributed by atoms with Crippen LogP contribution < -0.4 is 59.1 Å². The molecule has 0 spiro atoms. The minimum absolute atomic E-state index is 0. The Morgan fingerprint density at radius 3 is 1.19 bits per heavy atom. The minimum Gasteiger partial charge on any atom is -0.739 e. The Bertz CT molecular complexity index is 816. The summed E-state index contributed by atoms with van der Waals surface area (Å²) in [6.07, 6.45) is 0.963. The van der Waals surface area contributed by atoms with E-state index in [1.54, 1.807) is 89.3 Å². The molecule has 0 amide bonds. The number of hydrogen-bond donors (Lipinski definition) is 1. The molecule has 47 heavy (non-hydrogen) atoms. The maximum atomic E-state index is 9.81. The first kappa shape index (κ1) is 69.5. The molecule has 0 heterocycles. The fourth-order valence-electron chi connectivity index (χ4n) is 1.97. The molecule has 0 saturated heterocycles. The van der Waals surface area contributed by atoms with Crippen molar-refractivity contribution in [2.45, 2.75) is 41.3 Å². The Balaban J connectivity index is -0.0000000819. The number of hydrogen-bond acceptors (Lipinski definition) is 21. The van der Waals surface area contributed by atoms with Crippen LogP contribution in [0.15, 0.2) is 0 Å². The molecule has 0 aromatic heterocycles. The number of rotatable bonds is 23. The van der Waals surface area contributed by atoms with Gasteiger partial charge in [-0.05, 0) is 40.3 Å². The molecule has 14 nitrogen and oxygen atoms in total. The van der Waals surface area contributed by atoms with Crippen molar-refractivity contribution in [3.05, 3.63) is 0 Å². The van der Waals surface area contributed by atoms with Crippen molar-refractivity contribution in [2.24, 2.45) is 0 Å². The van der Waals surface area contributed by atoms with Crippen LogP contribution in [0.5, 0.6) is 0 Å². The quantitative estimate of drug-likeness (QED) is 0.0344. The molecule has 0 saturated carbocycles. The van der Waals surface area contributed by atoms with Crippen LogP contribution >= 0.6 is 77.4 Å². The van der Waals surface area contributed by atoms with Crippen LogP contribution in [0.3, 0.4) is 0 Å². The maximum absolute atomic E-state index is 9.81. The van der Waals surface area contributed by atoms with Crippen molar-refractivity contribution in [3.63, 3.8) is 0 Å². The topological polar surface area (TPSA) is 188 Å². The summed E-state index contributed by atoms with van der Waals surface area (Å²) in [4.78, 5) is 0. The average molecular weight is 925 g/mol. The largest absolute Gasteiger partial charge is 1.00 e. The summed E-state index contributed by atoms with van der Waals surface area (Å²) in [6, 6.07) is 0.833. The van der Waals surface area contributed by atoms with Gasteiger partial charge in [0.15, 0.2) is 0 Å². The third kappa shape index (κ3) is 41.6. The van der Waals surface area contributed by atoms with Gasteiger partial charge in [0.2, 0.25) is 0 Å². The van der Waals surface area contributed by atoms with Gasteiger partial charge < -0.3 is 44.5 Å². The second-order valence-corrected chi connectivity index (χ2v) is 30.2. The van der Waals surface area contributed by atoms with Crippen molar-refractivity contribution in [1.82, 2.24) is 0 Å². The van der Waals surface area contributed by atoms with E-state index in [4.69, 9.17) is 35.4 Å². The second kappa shape index (κ2) is 40.3. The molecule has 0 rings (SSSR count). The predicted molar refractivity (Wildman–Crippen MR) is 207 cm³/mol. The molecule has 28 heteroatoms. The van der Waals surface area contributed by atoms with Crippen molar-refractivity contribution in [2.75, 3.05) is 83.6 Å². The summed E-state index contributed by atoms with van der Waals surface area (Å²) in [5.74, 6) is 0.838. The third-order valence-electron chi connectivity index (χ3n) is 4.58. The van der Waals surface area contributed by atoms with E-state index < -0.39 is 49.6 Å². The molecule has 0 fully saturated rings. The monoisotopic (exact) mass is 924 g/mol. The molecule has 0 aliphatic carbocycles. The van der Waals surface area contributed by atoms with Gasteiger partial charge in [-0.15, -0.1) is 0 Å². The van der Waals surface area contributed by atoms with Crippen molar-refractivity contribution >= 4 is 122 Å². The van der Waals surface area contributed by atoms with E-state index >= 15 is 0 Å². The zero-order chi connectivity index (χ0) is 33.3.